The Morgan fingerprint density at radius 1 is 1.62 bits per heavy atom. The molecule has 1 aliphatic rings. The van der Waals surface area contributed by atoms with E-state index in [1.54, 1.807) is 12.4 Å². The fourth-order valence-corrected chi connectivity index (χ4v) is 2.01. The van der Waals surface area contributed by atoms with Gasteiger partial charge in [0.25, 0.3) is 0 Å². The predicted octanol–water partition coefficient (Wildman–Crippen LogP) is 1.80. The number of fused-ring (bicyclic) bond motifs is 1. The normalized spacial score (nSPS) is 20.5. The summed E-state index contributed by atoms with van der Waals surface area (Å²) >= 11 is 0. The first kappa shape index (κ1) is 11.4. The quantitative estimate of drug-likeness (QED) is 0.598. The number of carbonyl (C=O) groups excluding carboxylic acids is 1. The zero-order valence-electron chi connectivity index (χ0n) is 8.48. The molecule has 0 saturated heterocycles. The third-order valence-corrected chi connectivity index (χ3v) is 2.89. The molecule has 0 bridgehead atoms. The Morgan fingerprint density at radius 2 is 2.44 bits per heavy atom. The van der Waals surface area contributed by atoms with E-state index in [0.29, 0.717) is 18.6 Å². The van der Waals surface area contributed by atoms with Crippen molar-refractivity contribution in [3.05, 3.63) is 29.6 Å². The summed E-state index contributed by atoms with van der Waals surface area (Å²) in [6.07, 6.45) is 1.98. The van der Waals surface area contributed by atoms with Gasteiger partial charge in [-0.2, -0.15) is 0 Å². The van der Waals surface area contributed by atoms with Crippen LogP contribution in [0.3, 0.4) is 0 Å². The lowest BCUT2D eigenvalue weighted by atomic mass is 9.99. The topological polar surface area (TPSA) is 35.5 Å². The maximum atomic E-state index is 12.9. The Hall–Kier alpha value is -1.08. The second-order valence-electron chi connectivity index (χ2n) is 3.62. The summed E-state index contributed by atoms with van der Waals surface area (Å²) in [7, 11) is 2.03. The van der Waals surface area contributed by atoms with E-state index < -0.39 is 6.10 Å². The Kier molecular flexibility index (Phi) is 3.45. The van der Waals surface area contributed by atoms with Crippen molar-refractivity contribution in [1.82, 2.24) is 0 Å². The molecular weight excluding hydrogens is 230 g/mol. The number of hydrogen-bond donors (Lipinski definition) is 0. The van der Waals surface area contributed by atoms with Crippen LogP contribution in [-0.2, 0) is 15.7 Å². The summed E-state index contributed by atoms with van der Waals surface area (Å²) in [6.45, 7) is 0. The molecule has 0 fully saturated rings. The third-order valence-electron chi connectivity index (χ3n) is 2.60. The van der Waals surface area contributed by atoms with Gasteiger partial charge >= 0.3 is 12.4 Å². The van der Waals surface area contributed by atoms with Crippen LogP contribution in [0, 0.1) is 5.82 Å². The van der Waals surface area contributed by atoms with E-state index in [0.717, 1.165) is 5.56 Å². The second kappa shape index (κ2) is 4.84. The largest absolute Gasteiger partial charge is 0.545 e. The third kappa shape index (κ3) is 2.19. The molecule has 0 radical (unpaired) electrons. The first-order valence-corrected chi connectivity index (χ1v) is 5.40. The van der Waals surface area contributed by atoms with Gasteiger partial charge in [-0.15, -0.1) is 0 Å². The van der Waals surface area contributed by atoms with E-state index in [1.807, 2.05) is 9.47 Å². The Labute approximate surface area is 95.2 Å². The molecular formula is C11H11FO3P+. The molecule has 0 spiro atoms. The first-order valence-electron chi connectivity index (χ1n) is 4.93. The van der Waals surface area contributed by atoms with Crippen LogP contribution in [0.5, 0.6) is 5.75 Å². The van der Waals surface area contributed by atoms with Crippen LogP contribution in [0.1, 0.15) is 12.0 Å². The Morgan fingerprint density at radius 3 is 3.12 bits per heavy atom. The zero-order chi connectivity index (χ0) is 11.5. The summed E-state index contributed by atoms with van der Waals surface area (Å²) in [4.78, 5) is 10.6. The summed E-state index contributed by atoms with van der Waals surface area (Å²) in [5.74, 6) is 0.335. The standard InChI is InChI=1S/C11H11FO3P/c12-8-2-4-9-7(5-8)1-3-10(14-9)11(6-13)15-16/h2,4-5,10-11H,1,3,16H2/q+1/t10-,11+/m0/s1. The highest BCUT2D eigenvalue weighted by Gasteiger charge is 2.37. The van der Waals surface area contributed by atoms with Gasteiger partial charge in [-0.25, -0.2) is 4.39 Å². The van der Waals surface area contributed by atoms with Crippen LogP contribution in [0.25, 0.3) is 0 Å². The lowest BCUT2D eigenvalue weighted by Gasteiger charge is -2.24. The van der Waals surface area contributed by atoms with Crippen molar-refractivity contribution in [1.29, 1.82) is 0 Å². The molecule has 3 atom stereocenters. The smallest absolute Gasteiger partial charge is 0.482 e. The number of rotatable bonds is 3. The van der Waals surface area contributed by atoms with Gasteiger partial charge in [0.2, 0.25) is 0 Å². The molecule has 0 N–H and O–H groups in total. The van der Waals surface area contributed by atoms with Crippen molar-refractivity contribution in [2.45, 2.75) is 25.0 Å². The van der Waals surface area contributed by atoms with Crippen molar-refractivity contribution < 1.29 is 18.4 Å². The average Bonchev–Trinajstić information content (AvgIpc) is 2.31. The van der Waals surface area contributed by atoms with E-state index in [9.17, 15) is 9.18 Å². The first-order chi connectivity index (χ1) is 7.74. The molecule has 1 unspecified atom stereocenters. The summed E-state index contributed by atoms with van der Waals surface area (Å²) in [5, 5.41) is 0. The van der Waals surface area contributed by atoms with Gasteiger partial charge < -0.3 is 9.26 Å². The van der Waals surface area contributed by atoms with Crippen LogP contribution in [0.15, 0.2) is 18.2 Å². The molecule has 2 rings (SSSR count). The molecule has 16 heavy (non-hydrogen) atoms. The van der Waals surface area contributed by atoms with Gasteiger partial charge in [-0.05, 0) is 36.6 Å². The van der Waals surface area contributed by atoms with E-state index in [4.69, 9.17) is 9.26 Å². The summed E-state index contributed by atoms with van der Waals surface area (Å²) in [5.41, 5.74) is 0.824. The number of halogens is 1. The van der Waals surface area contributed by atoms with Crippen molar-refractivity contribution in [3.63, 3.8) is 0 Å². The lowest BCUT2D eigenvalue weighted by Crippen LogP contribution is -2.36. The van der Waals surface area contributed by atoms with Crippen molar-refractivity contribution in [2.75, 3.05) is 0 Å². The average molecular weight is 241 g/mol. The van der Waals surface area contributed by atoms with Gasteiger partial charge in [0.1, 0.15) is 11.6 Å². The van der Waals surface area contributed by atoms with E-state index >= 15 is 0 Å². The zero-order valence-corrected chi connectivity index (χ0v) is 9.64. The minimum atomic E-state index is -0.719. The Balaban J connectivity index is 2.17. The molecule has 1 aromatic carbocycles. The molecule has 1 aliphatic heterocycles. The SMILES string of the molecule is O=[C+][C@@H](OP)[C@@H]1CCc2cc(F)ccc2O1. The van der Waals surface area contributed by atoms with Gasteiger partial charge in [0, 0.05) is 14.3 Å². The molecule has 0 amide bonds. The van der Waals surface area contributed by atoms with Crippen molar-refractivity contribution in [2.24, 2.45) is 0 Å². The van der Waals surface area contributed by atoms with Crippen LogP contribution in [0.2, 0.25) is 0 Å². The van der Waals surface area contributed by atoms with Gasteiger partial charge in [0.05, 0.1) is 0 Å². The number of ether oxygens (including phenoxy) is 1. The van der Waals surface area contributed by atoms with E-state index in [1.165, 1.54) is 12.1 Å². The highest BCUT2D eigenvalue weighted by atomic mass is 31.0. The molecule has 1 heterocycles. The molecule has 3 nitrogen and oxygen atoms in total. The van der Waals surface area contributed by atoms with E-state index in [2.05, 4.69) is 0 Å². The second-order valence-corrected chi connectivity index (χ2v) is 3.89. The van der Waals surface area contributed by atoms with Crippen LogP contribution in [0.4, 0.5) is 4.39 Å². The maximum Gasteiger partial charge on any atom is 0.545 e. The van der Waals surface area contributed by atoms with Crippen molar-refractivity contribution >= 4 is 15.8 Å². The molecule has 5 heteroatoms. The highest BCUT2D eigenvalue weighted by molar-refractivity contribution is 7.09. The van der Waals surface area contributed by atoms with Gasteiger partial charge in [-0.1, -0.05) is 0 Å². The molecule has 1 aromatic rings. The van der Waals surface area contributed by atoms with E-state index in [-0.39, 0.29) is 11.9 Å². The van der Waals surface area contributed by atoms with Gasteiger partial charge in [0.15, 0.2) is 6.10 Å². The maximum absolute atomic E-state index is 12.9. The number of hydrogen-bond acceptors (Lipinski definition) is 3. The van der Waals surface area contributed by atoms with Crippen LogP contribution < -0.4 is 4.74 Å². The van der Waals surface area contributed by atoms with Gasteiger partial charge in [-0.3, -0.25) is 0 Å². The molecule has 0 saturated carbocycles. The van der Waals surface area contributed by atoms with Crippen LogP contribution >= 0.6 is 9.47 Å². The summed E-state index contributed by atoms with van der Waals surface area (Å²) in [6, 6.07) is 4.36. The monoisotopic (exact) mass is 241 g/mol. The molecule has 84 valence electrons. The molecule has 0 aliphatic carbocycles. The lowest BCUT2D eigenvalue weighted by molar-refractivity contribution is 0.0874. The summed E-state index contributed by atoms with van der Waals surface area (Å²) < 4.78 is 23.4. The number of benzene rings is 1. The van der Waals surface area contributed by atoms with Crippen LogP contribution in [-0.4, -0.2) is 18.5 Å². The minimum Gasteiger partial charge on any atom is -0.482 e. The fraction of sp³-hybridized carbons (Fsp3) is 0.364. The number of aryl methyl sites for hydroxylation is 1. The predicted molar refractivity (Wildman–Crippen MR) is 59.4 cm³/mol. The fourth-order valence-electron chi connectivity index (χ4n) is 1.78. The molecule has 0 aromatic heterocycles. The minimum absolute atomic E-state index is 0.276. The van der Waals surface area contributed by atoms with Crippen molar-refractivity contribution in [3.8, 4) is 5.75 Å². The highest BCUT2D eigenvalue weighted by Crippen LogP contribution is 2.29. The Bertz CT molecular complexity index is 397.